The second-order valence-electron chi connectivity index (χ2n) is 8.80. The number of nitrogens with zero attached hydrogens (tertiary/aromatic N) is 1. The van der Waals surface area contributed by atoms with Gasteiger partial charge >= 0.3 is 0 Å². The first-order chi connectivity index (χ1) is 17.8. The minimum atomic E-state index is -0.315. The minimum absolute atomic E-state index is 0.131. The lowest BCUT2D eigenvalue weighted by atomic mass is 9.98. The summed E-state index contributed by atoms with van der Waals surface area (Å²) < 4.78 is 6.92. The molecule has 0 fully saturated rings. The van der Waals surface area contributed by atoms with E-state index in [0.29, 0.717) is 28.1 Å². The highest BCUT2D eigenvalue weighted by Crippen LogP contribution is 2.32. The molecule has 186 valence electrons. The van der Waals surface area contributed by atoms with Crippen LogP contribution in [0.25, 0.3) is 33.3 Å². The van der Waals surface area contributed by atoms with E-state index in [4.69, 9.17) is 33.2 Å². The monoisotopic (exact) mass is 591 g/mol. The summed E-state index contributed by atoms with van der Waals surface area (Å²) in [7, 11) is 0. The molecule has 0 bridgehead atoms. The van der Waals surface area contributed by atoms with Crippen LogP contribution in [0.2, 0.25) is 5.02 Å². The quantitative estimate of drug-likeness (QED) is 0.200. The van der Waals surface area contributed by atoms with E-state index in [1.165, 1.54) is 5.56 Å². The Kier molecular flexibility index (Phi) is 7.29. The zero-order valence-electron chi connectivity index (χ0n) is 20.1. The Labute approximate surface area is 233 Å². The molecule has 5 rings (SSSR count). The number of oxazole rings is 1. The molecule has 0 unspecified atom stereocenters. The molecular formula is C29H23BrClN3O2S. The summed E-state index contributed by atoms with van der Waals surface area (Å²) >= 11 is 15.4. The molecule has 0 aliphatic rings. The van der Waals surface area contributed by atoms with Crippen molar-refractivity contribution in [2.45, 2.75) is 26.2 Å². The third kappa shape index (κ3) is 5.25. The fraction of sp³-hybridized carbons (Fsp3) is 0.138. The molecule has 1 aromatic heterocycles. The molecule has 0 spiro atoms. The van der Waals surface area contributed by atoms with Crippen LogP contribution in [0.15, 0.2) is 81.7 Å². The maximum Gasteiger partial charge on any atom is 0.258 e. The van der Waals surface area contributed by atoms with Gasteiger partial charge in [0, 0.05) is 15.6 Å². The summed E-state index contributed by atoms with van der Waals surface area (Å²) in [5.74, 6) is 0.611. The third-order valence-corrected chi connectivity index (χ3v) is 7.62. The van der Waals surface area contributed by atoms with E-state index < -0.39 is 0 Å². The Morgan fingerprint density at radius 1 is 1.08 bits per heavy atom. The smallest absolute Gasteiger partial charge is 0.258 e. The van der Waals surface area contributed by atoms with Crippen molar-refractivity contribution in [2.24, 2.45) is 0 Å². The van der Waals surface area contributed by atoms with E-state index in [-0.39, 0.29) is 11.0 Å². The lowest BCUT2D eigenvalue weighted by Crippen LogP contribution is -2.34. The molecule has 0 radical (unpaired) electrons. The fourth-order valence-electron chi connectivity index (χ4n) is 4.16. The van der Waals surface area contributed by atoms with E-state index in [1.807, 2.05) is 42.5 Å². The molecule has 0 saturated carbocycles. The van der Waals surface area contributed by atoms with Crippen LogP contribution in [0, 0.1) is 0 Å². The average Bonchev–Trinajstić information content (AvgIpc) is 3.33. The standard InChI is InChI=1S/C29H23BrClN3O2S/c1-3-16(2)17-11-13-26-25(14-17)32-28(36-26)18-10-12-23(31)24(15-18)33-29(37)34-27(35)21-8-4-7-20-19(21)6-5-9-22(20)30/h4-16H,3H2,1-2H3,(H2,33,34,35,37)/t16-/m0/s1. The van der Waals surface area contributed by atoms with E-state index in [0.717, 1.165) is 38.3 Å². The second kappa shape index (κ2) is 10.6. The van der Waals surface area contributed by atoms with Crippen molar-refractivity contribution in [1.82, 2.24) is 10.3 Å². The molecule has 8 heteroatoms. The number of thiocarbonyl (C=S) groups is 1. The van der Waals surface area contributed by atoms with Gasteiger partial charge in [-0.1, -0.05) is 71.7 Å². The van der Waals surface area contributed by atoms with Gasteiger partial charge in [0.15, 0.2) is 10.7 Å². The molecule has 4 aromatic carbocycles. The number of hydrogen-bond donors (Lipinski definition) is 2. The number of hydrogen-bond acceptors (Lipinski definition) is 4. The predicted octanol–water partition coefficient (Wildman–Crippen LogP) is 8.70. The number of amides is 1. The minimum Gasteiger partial charge on any atom is -0.436 e. The van der Waals surface area contributed by atoms with Crippen LogP contribution in [0.5, 0.6) is 0 Å². The number of carbonyl (C=O) groups excluding carboxylic acids is 1. The topological polar surface area (TPSA) is 67.2 Å². The zero-order chi connectivity index (χ0) is 26.1. The van der Waals surface area contributed by atoms with Gasteiger partial charge in [-0.3, -0.25) is 10.1 Å². The Bertz CT molecular complexity index is 1670. The second-order valence-corrected chi connectivity index (χ2v) is 10.5. The van der Waals surface area contributed by atoms with Gasteiger partial charge in [-0.15, -0.1) is 0 Å². The Hall–Kier alpha value is -3.26. The zero-order valence-corrected chi connectivity index (χ0v) is 23.3. The molecule has 1 heterocycles. The first-order valence-electron chi connectivity index (χ1n) is 11.8. The summed E-state index contributed by atoms with van der Waals surface area (Å²) in [4.78, 5) is 17.7. The lowest BCUT2D eigenvalue weighted by molar-refractivity contribution is 0.0979. The number of halogens is 2. The number of fused-ring (bicyclic) bond motifs is 2. The van der Waals surface area contributed by atoms with Crippen molar-refractivity contribution in [3.63, 3.8) is 0 Å². The van der Waals surface area contributed by atoms with Gasteiger partial charge in [-0.2, -0.15) is 0 Å². The lowest BCUT2D eigenvalue weighted by Gasteiger charge is -2.13. The molecular weight excluding hydrogens is 570 g/mol. The highest BCUT2D eigenvalue weighted by Gasteiger charge is 2.15. The van der Waals surface area contributed by atoms with E-state index in [9.17, 15) is 4.79 Å². The van der Waals surface area contributed by atoms with E-state index in [2.05, 4.69) is 52.5 Å². The molecule has 0 aliphatic heterocycles. The highest BCUT2D eigenvalue weighted by molar-refractivity contribution is 9.10. The molecule has 1 atom stereocenters. The number of carbonyl (C=O) groups is 1. The largest absolute Gasteiger partial charge is 0.436 e. The van der Waals surface area contributed by atoms with Gasteiger partial charge in [0.25, 0.3) is 5.91 Å². The van der Waals surface area contributed by atoms with Crippen molar-refractivity contribution in [1.29, 1.82) is 0 Å². The number of benzene rings is 4. The van der Waals surface area contributed by atoms with Crippen LogP contribution in [0.1, 0.15) is 42.1 Å². The van der Waals surface area contributed by atoms with Crippen molar-refractivity contribution >= 4 is 78.3 Å². The average molecular weight is 593 g/mol. The molecule has 0 aliphatic carbocycles. The van der Waals surface area contributed by atoms with Crippen LogP contribution in [-0.4, -0.2) is 16.0 Å². The Balaban J connectivity index is 1.36. The molecule has 5 nitrogen and oxygen atoms in total. The van der Waals surface area contributed by atoms with Crippen molar-refractivity contribution in [2.75, 3.05) is 5.32 Å². The maximum absolute atomic E-state index is 13.0. The van der Waals surface area contributed by atoms with Crippen molar-refractivity contribution < 1.29 is 9.21 Å². The SMILES string of the molecule is CC[C@H](C)c1ccc2oc(-c3ccc(Cl)c(NC(=S)NC(=O)c4cccc5c(Br)cccc45)c3)nc2c1. The maximum atomic E-state index is 13.0. The van der Waals surface area contributed by atoms with Gasteiger partial charge in [0.2, 0.25) is 5.89 Å². The van der Waals surface area contributed by atoms with Gasteiger partial charge in [-0.25, -0.2) is 4.98 Å². The number of anilines is 1. The predicted molar refractivity (Wildman–Crippen MR) is 158 cm³/mol. The Morgan fingerprint density at radius 3 is 2.68 bits per heavy atom. The summed E-state index contributed by atoms with van der Waals surface area (Å²) in [5.41, 5.74) is 4.55. The number of aromatic nitrogens is 1. The fourth-order valence-corrected chi connectivity index (χ4v) is 5.02. The van der Waals surface area contributed by atoms with E-state index in [1.54, 1.807) is 18.2 Å². The first-order valence-corrected chi connectivity index (χ1v) is 13.4. The summed E-state index contributed by atoms with van der Waals surface area (Å²) in [5, 5.41) is 8.14. The molecule has 1 amide bonds. The summed E-state index contributed by atoms with van der Waals surface area (Å²) in [6.45, 7) is 4.36. The van der Waals surface area contributed by atoms with Crippen LogP contribution in [0.4, 0.5) is 5.69 Å². The molecule has 37 heavy (non-hydrogen) atoms. The summed E-state index contributed by atoms with van der Waals surface area (Å²) in [6.07, 6.45) is 1.05. The molecule has 2 N–H and O–H groups in total. The third-order valence-electron chi connectivity index (χ3n) is 6.40. The van der Waals surface area contributed by atoms with E-state index >= 15 is 0 Å². The van der Waals surface area contributed by atoms with Gasteiger partial charge in [-0.05, 0) is 83.4 Å². The summed E-state index contributed by atoms with van der Waals surface area (Å²) in [6, 6.07) is 22.8. The normalized spacial score (nSPS) is 12.0. The van der Waals surface area contributed by atoms with Gasteiger partial charge < -0.3 is 9.73 Å². The van der Waals surface area contributed by atoms with Gasteiger partial charge in [0.05, 0.1) is 10.7 Å². The van der Waals surface area contributed by atoms with Crippen LogP contribution in [-0.2, 0) is 0 Å². The molecule has 5 aromatic rings. The highest BCUT2D eigenvalue weighted by atomic mass is 79.9. The first kappa shape index (κ1) is 25.4. The van der Waals surface area contributed by atoms with Gasteiger partial charge in [0.1, 0.15) is 5.52 Å². The van der Waals surface area contributed by atoms with Crippen LogP contribution >= 0.6 is 39.7 Å². The Morgan fingerprint density at radius 2 is 1.86 bits per heavy atom. The van der Waals surface area contributed by atoms with Crippen molar-refractivity contribution in [3.8, 4) is 11.5 Å². The molecule has 0 saturated heterocycles. The number of rotatable bonds is 5. The van der Waals surface area contributed by atoms with Crippen molar-refractivity contribution in [3.05, 3.63) is 93.4 Å². The van der Waals surface area contributed by atoms with Crippen LogP contribution in [0.3, 0.4) is 0 Å². The number of nitrogens with one attached hydrogen (secondary N) is 2. The van der Waals surface area contributed by atoms with Crippen LogP contribution < -0.4 is 10.6 Å².